The molecule has 0 spiro atoms. The van der Waals surface area contributed by atoms with Crippen molar-refractivity contribution in [3.05, 3.63) is 82.8 Å². The van der Waals surface area contributed by atoms with Crippen molar-refractivity contribution in [2.45, 2.75) is 31.0 Å². The first-order chi connectivity index (χ1) is 21.1. The van der Waals surface area contributed by atoms with E-state index in [0.717, 1.165) is 11.3 Å². The minimum Gasteiger partial charge on any atom is -0.497 e. The van der Waals surface area contributed by atoms with Gasteiger partial charge >= 0.3 is 0 Å². The Morgan fingerprint density at radius 1 is 1.20 bits per heavy atom. The highest BCUT2D eigenvalue weighted by molar-refractivity contribution is 8.01. The minimum atomic E-state index is -0.575. The van der Waals surface area contributed by atoms with E-state index in [4.69, 9.17) is 15.2 Å². The van der Waals surface area contributed by atoms with Crippen LogP contribution in [-0.2, 0) is 9.59 Å². The zero-order valence-electron chi connectivity index (χ0n) is 24.8. The van der Waals surface area contributed by atoms with Crippen LogP contribution >= 0.6 is 23.1 Å². The molecule has 3 aromatic rings. The second kappa shape index (κ2) is 13.0. The molecule has 0 saturated heterocycles. The fourth-order valence-corrected chi connectivity index (χ4v) is 6.99. The molecule has 3 N–H and O–H groups in total. The number of nitrogens with one attached hydrogen (secondary N) is 1. The Bertz CT molecular complexity index is 1720. The van der Waals surface area contributed by atoms with Gasteiger partial charge in [0, 0.05) is 29.7 Å². The van der Waals surface area contributed by atoms with Crippen LogP contribution in [0.25, 0.3) is 6.08 Å². The summed E-state index contributed by atoms with van der Waals surface area (Å²) in [7, 11) is 3.07. The van der Waals surface area contributed by atoms with Gasteiger partial charge in [-0.25, -0.2) is 0 Å². The zero-order chi connectivity index (χ0) is 31.4. The van der Waals surface area contributed by atoms with E-state index < -0.39 is 5.92 Å². The van der Waals surface area contributed by atoms with Crippen LogP contribution in [0.3, 0.4) is 0 Å². The van der Waals surface area contributed by atoms with Crippen LogP contribution in [0.1, 0.15) is 32.3 Å². The van der Waals surface area contributed by atoms with Gasteiger partial charge in [-0.3, -0.25) is 14.5 Å². The van der Waals surface area contributed by atoms with Gasteiger partial charge in [0.2, 0.25) is 11.0 Å². The molecule has 0 fully saturated rings. The van der Waals surface area contributed by atoms with Crippen molar-refractivity contribution < 1.29 is 19.1 Å². The van der Waals surface area contributed by atoms with Gasteiger partial charge < -0.3 is 20.5 Å². The van der Waals surface area contributed by atoms with Gasteiger partial charge in [-0.1, -0.05) is 79.4 Å². The molecular formula is C32H32N6O4S2. The molecule has 12 heteroatoms. The lowest BCUT2D eigenvalue weighted by Gasteiger charge is -2.41. The summed E-state index contributed by atoms with van der Waals surface area (Å²) in [5.41, 5.74) is 9.37. The molecule has 1 aromatic heterocycles. The van der Waals surface area contributed by atoms with Crippen LogP contribution in [0.15, 0.2) is 81.6 Å². The third-order valence-electron chi connectivity index (χ3n) is 7.30. The molecular weight excluding hydrogens is 597 g/mol. The van der Waals surface area contributed by atoms with E-state index in [9.17, 15) is 14.9 Å². The topological polar surface area (TPSA) is 143 Å². The molecule has 1 atom stereocenters. The number of methoxy groups -OCH3 is 2. The predicted molar refractivity (Wildman–Crippen MR) is 172 cm³/mol. The van der Waals surface area contributed by atoms with Crippen LogP contribution in [0.2, 0.25) is 0 Å². The summed E-state index contributed by atoms with van der Waals surface area (Å²) >= 11 is 2.46. The maximum atomic E-state index is 13.6. The fraction of sp³-hybridized carbons (Fsp3) is 0.281. The quantitative estimate of drug-likeness (QED) is 0.280. The number of thioether (sulfide) groups is 1. The van der Waals surface area contributed by atoms with Crippen LogP contribution in [0, 0.1) is 22.7 Å². The molecule has 10 nitrogen and oxygen atoms in total. The van der Waals surface area contributed by atoms with Gasteiger partial charge in [-0.2, -0.15) is 5.26 Å². The van der Waals surface area contributed by atoms with Gasteiger partial charge in [0.05, 0.1) is 37.3 Å². The van der Waals surface area contributed by atoms with Crippen molar-refractivity contribution in [3.63, 3.8) is 0 Å². The molecule has 226 valence electrons. The van der Waals surface area contributed by atoms with Crippen LogP contribution in [0.4, 0.5) is 10.8 Å². The summed E-state index contributed by atoms with van der Waals surface area (Å²) in [6, 6.07) is 17.1. The van der Waals surface area contributed by atoms with Crippen molar-refractivity contribution >= 4 is 51.7 Å². The van der Waals surface area contributed by atoms with E-state index in [-0.39, 0.29) is 34.3 Å². The summed E-state index contributed by atoms with van der Waals surface area (Å²) in [5.74, 6) is 0.517. The maximum absolute atomic E-state index is 13.6. The third-order valence-corrected chi connectivity index (χ3v) is 9.34. The van der Waals surface area contributed by atoms with Crippen molar-refractivity contribution in [1.82, 2.24) is 10.2 Å². The second-order valence-corrected chi connectivity index (χ2v) is 13.2. The lowest BCUT2D eigenvalue weighted by atomic mass is 9.70. The summed E-state index contributed by atoms with van der Waals surface area (Å²) in [6.45, 7) is 4.08. The minimum absolute atomic E-state index is 0.0204. The molecule has 2 aromatic carbocycles. The number of hydrogen-bond acceptors (Lipinski definition) is 11. The molecule has 0 bridgehead atoms. The van der Waals surface area contributed by atoms with Crippen LogP contribution in [0.5, 0.6) is 11.5 Å². The van der Waals surface area contributed by atoms with Crippen molar-refractivity contribution in [2.24, 2.45) is 17.1 Å². The smallest absolute Gasteiger partial charge is 0.234 e. The highest BCUT2D eigenvalue weighted by Gasteiger charge is 2.44. The Labute approximate surface area is 264 Å². The second-order valence-electron chi connectivity index (χ2n) is 11.0. The molecule has 5 rings (SSSR count). The van der Waals surface area contributed by atoms with Gasteiger partial charge in [0.25, 0.3) is 0 Å². The number of Topliss-reactive ketones (excluding diaryl/α,β-unsaturated/α-hetero) is 1. The van der Waals surface area contributed by atoms with E-state index in [2.05, 4.69) is 21.6 Å². The number of benzene rings is 2. The summed E-state index contributed by atoms with van der Waals surface area (Å²) in [4.78, 5) is 28.1. The number of nitrogens with zero attached hydrogens (tertiary/aromatic N) is 4. The Morgan fingerprint density at radius 2 is 1.98 bits per heavy atom. The maximum Gasteiger partial charge on any atom is 0.234 e. The van der Waals surface area contributed by atoms with Gasteiger partial charge in [-0.15, -0.1) is 10.2 Å². The molecule has 44 heavy (non-hydrogen) atoms. The van der Waals surface area contributed by atoms with E-state index in [0.29, 0.717) is 45.1 Å². The Hall–Kier alpha value is -4.60. The molecule has 2 aliphatic rings. The van der Waals surface area contributed by atoms with Gasteiger partial charge in [0.15, 0.2) is 10.1 Å². The van der Waals surface area contributed by atoms with E-state index in [1.807, 2.05) is 56.3 Å². The first-order valence-corrected chi connectivity index (χ1v) is 15.6. The molecule has 0 radical (unpaired) electrons. The molecule has 1 aliphatic heterocycles. The first-order valence-electron chi connectivity index (χ1n) is 13.8. The fourth-order valence-electron chi connectivity index (χ4n) is 5.31. The molecule has 1 aliphatic carbocycles. The number of hydrogen-bond donors (Lipinski definition) is 2. The van der Waals surface area contributed by atoms with Gasteiger partial charge in [0.1, 0.15) is 17.3 Å². The average molecular weight is 629 g/mol. The summed E-state index contributed by atoms with van der Waals surface area (Å²) in [6.07, 6.45) is 4.71. The molecule has 1 amide bonds. The van der Waals surface area contributed by atoms with Crippen LogP contribution < -0.4 is 25.4 Å². The highest BCUT2D eigenvalue weighted by Crippen LogP contribution is 2.48. The molecule has 1 unspecified atom stereocenters. The number of rotatable bonds is 9. The van der Waals surface area contributed by atoms with Crippen molar-refractivity contribution in [3.8, 4) is 17.6 Å². The largest absolute Gasteiger partial charge is 0.497 e. The lowest BCUT2D eigenvalue weighted by molar-refractivity contribution is -0.118. The monoisotopic (exact) mass is 628 g/mol. The van der Waals surface area contributed by atoms with Crippen molar-refractivity contribution in [2.75, 3.05) is 30.2 Å². The SMILES string of the molecule is COc1ccc(OC)c(NC(=O)CSc2nnc(N3C(N)=C(C#N)C(/C=C/c4ccccc4)C4=C3CC(C)(C)CC4=O)s2)c1. The summed E-state index contributed by atoms with van der Waals surface area (Å²) < 4.78 is 11.1. The highest BCUT2D eigenvalue weighted by atomic mass is 32.2. The van der Waals surface area contributed by atoms with Crippen LogP contribution in [-0.4, -0.2) is 41.9 Å². The Kier molecular flexibility index (Phi) is 9.08. The number of nitriles is 1. The van der Waals surface area contributed by atoms with Gasteiger partial charge in [-0.05, 0) is 29.5 Å². The van der Waals surface area contributed by atoms with E-state index in [1.165, 1.54) is 30.2 Å². The molecule has 0 saturated carbocycles. The standard InChI is InChI=1S/C32H32N6O4S2/c1-32(2)15-24-28(25(39)16-32)21(12-10-19-8-6-5-7-9-19)22(17-33)29(34)38(24)30-36-37-31(44-30)43-18-27(40)35-23-14-20(41-3)11-13-26(23)42-4/h5-14,21H,15-16,18,34H2,1-4H3,(H,35,40)/b12-10+. The number of nitrogens with two attached hydrogens (primary N) is 1. The number of aromatic nitrogens is 2. The number of anilines is 2. The number of carbonyl (C=O) groups excluding carboxylic acids is 2. The number of amides is 1. The zero-order valence-corrected chi connectivity index (χ0v) is 26.4. The molecule has 2 heterocycles. The number of ketones is 1. The normalized spacial score (nSPS) is 17.8. The number of allylic oxidation sites excluding steroid dienone is 4. The Morgan fingerprint density at radius 3 is 2.68 bits per heavy atom. The van der Waals surface area contributed by atoms with E-state index in [1.54, 1.807) is 30.2 Å². The predicted octanol–water partition coefficient (Wildman–Crippen LogP) is 5.77. The number of carbonyl (C=O) groups is 2. The third kappa shape index (κ3) is 6.49. The Balaban J connectivity index is 1.41. The average Bonchev–Trinajstić information content (AvgIpc) is 3.47. The first kappa shape index (κ1) is 30.8. The number of ether oxygens (including phenoxy) is 2. The summed E-state index contributed by atoms with van der Waals surface area (Å²) in [5, 5.41) is 22.2. The van der Waals surface area contributed by atoms with E-state index >= 15 is 0 Å². The van der Waals surface area contributed by atoms with Crippen molar-refractivity contribution in [1.29, 1.82) is 5.26 Å². The lowest BCUT2D eigenvalue weighted by Crippen LogP contribution is -2.42.